The van der Waals surface area contributed by atoms with Crippen molar-refractivity contribution in [2.75, 3.05) is 21.3 Å². The van der Waals surface area contributed by atoms with Crippen LogP contribution in [0.5, 0.6) is 0 Å². The van der Waals surface area contributed by atoms with E-state index in [0.717, 1.165) is 6.42 Å². The van der Waals surface area contributed by atoms with Gasteiger partial charge in [0.15, 0.2) is 0 Å². The van der Waals surface area contributed by atoms with Gasteiger partial charge in [-0.1, -0.05) is 87.6 Å². The van der Waals surface area contributed by atoms with Crippen molar-refractivity contribution in [1.82, 2.24) is 0 Å². The summed E-state index contributed by atoms with van der Waals surface area (Å²) in [7, 11) is 0.786. The number of hydrogen-bond donors (Lipinski definition) is 0. The molecule has 5 heteroatoms. The standard InChI is InChI=1S/C19H36O3Si2/c1-7-8-9-10-14-17-19(24(20-2,21-3)22-4)23(5,6)18-15-12-11-13-16-18/h11-13,15-16,19H,7-10,14,17H2,1-6H3. The molecule has 1 atom stereocenters. The number of unbranched alkanes of at least 4 members (excludes halogenated alkanes) is 4. The molecule has 0 aliphatic heterocycles. The minimum Gasteiger partial charge on any atom is -0.377 e. The normalized spacial score (nSPS) is 13.9. The lowest BCUT2D eigenvalue weighted by atomic mass is 10.1. The molecule has 0 saturated heterocycles. The van der Waals surface area contributed by atoms with Crippen molar-refractivity contribution < 1.29 is 13.3 Å². The molecule has 0 bridgehead atoms. The molecule has 0 aliphatic rings. The van der Waals surface area contributed by atoms with Crippen LogP contribution in [-0.4, -0.2) is 38.2 Å². The van der Waals surface area contributed by atoms with Gasteiger partial charge in [-0.2, -0.15) is 0 Å². The van der Waals surface area contributed by atoms with Crippen molar-refractivity contribution in [2.24, 2.45) is 0 Å². The van der Waals surface area contributed by atoms with Crippen LogP contribution >= 0.6 is 0 Å². The van der Waals surface area contributed by atoms with E-state index in [1.165, 1.54) is 37.3 Å². The molecule has 3 nitrogen and oxygen atoms in total. The highest BCUT2D eigenvalue weighted by molar-refractivity contribution is 6.99. The van der Waals surface area contributed by atoms with Crippen molar-refractivity contribution in [1.29, 1.82) is 0 Å². The summed E-state index contributed by atoms with van der Waals surface area (Å²) in [5, 5.41) is 1.82. The van der Waals surface area contributed by atoms with E-state index in [1.807, 2.05) is 0 Å². The fraction of sp³-hybridized carbons (Fsp3) is 0.684. The van der Waals surface area contributed by atoms with Crippen LogP contribution in [-0.2, 0) is 13.3 Å². The lowest BCUT2D eigenvalue weighted by Crippen LogP contribution is -2.61. The van der Waals surface area contributed by atoms with E-state index in [9.17, 15) is 0 Å². The first-order valence-corrected chi connectivity index (χ1v) is 14.1. The van der Waals surface area contributed by atoms with Gasteiger partial charge in [-0.25, -0.2) is 0 Å². The molecule has 1 aromatic carbocycles. The zero-order valence-electron chi connectivity index (χ0n) is 16.4. The Hall–Kier alpha value is -0.466. The number of rotatable bonds is 12. The zero-order chi connectivity index (χ0) is 18.1. The molecule has 24 heavy (non-hydrogen) atoms. The highest BCUT2D eigenvalue weighted by atomic mass is 28.4. The fourth-order valence-electron chi connectivity index (χ4n) is 3.68. The molecule has 0 amide bonds. The maximum absolute atomic E-state index is 5.91. The monoisotopic (exact) mass is 368 g/mol. The van der Waals surface area contributed by atoms with Crippen LogP contribution in [0.25, 0.3) is 0 Å². The molecule has 0 aromatic heterocycles. The van der Waals surface area contributed by atoms with Crippen LogP contribution < -0.4 is 5.19 Å². The molecule has 0 saturated carbocycles. The molecule has 1 rings (SSSR count). The zero-order valence-corrected chi connectivity index (χ0v) is 18.4. The summed E-state index contributed by atoms with van der Waals surface area (Å²) >= 11 is 0. The Labute approximate surface area is 151 Å². The Bertz CT molecular complexity index is 439. The molecular formula is C19H36O3Si2. The quantitative estimate of drug-likeness (QED) is 0.393. The Morgan fingerprint density at radius 1 is 0.833 bits per heavy atom. The second-order valence-electron chi connectivity index (χ2n) is 7.06. The predicted molar refractivity (Wildman–Crippen MR) is 107 cm³/mol. The van der Waals surface area contributed by atoms with Crippen molar-refractivity contribution in [3.8, 4) is 0 Å². The van der Waals surface area contributed by atoms with Crippen molar-refractivity contribution in [3.63, 3.8) is 0 Å². The number of benzene rings is 1. The van der Waals surface area contributed by atoms with Crippen molar-refractivity contribution >= 4 is 22.1 Å². The SMILES string of the molecule is CCCCCCCC([Si](OC)(OC)OC)[Si](C)(C)c1ccccc1. The van der Waals surface area contributed by atoms with Crippen LogP contribution in [0.3, 0.4) is 0 Å². The van der Waals surface area contributed by atoms with E-state index in [4.69, 9.17) is 13.3 Å². The second-order valence-corrected chi connectivity index (χ2v) is 15.5. The van der Waals surface area contributed by atoms with Gasteiger partial charge in [0, 0.05) is 26.5 Å². The van der Waals surface area contributed by atoms with Gasteiger partial charge in [0.2, 0.25) is 0 Å². The van der Waals surface area contributed by atoms with Gasteiger partial charge >= 0.3 is 8.80 Å². The Morgan fingerprint density at radius 3 is 1.88 bits per heavy atom. The summed E-state index contributed by atoms with van der Waals surface area (Å²) in [6, 6.07) is 10.9. The molecule has 0 heterocycles. The van der Waals surface area contributed by atoms with Crippen molar-refractivity contribution in [2.45, 2.75) is 63.7 Å². The van der Waals surface area contributed by atoms with Gasteiger partial charge in [0.1, 0.15) is 0 Å². The van der Waals surface area contributed by atoms with Gasteiger partial charge in [-0.3, -0.25) is 0 Å². The second kappa shape index (κ2) is 10.5. The third kappa shape index (κ3) is 5.26. The summed E-state index contributed by atoms with van der Waals surface area (Å²) in [5.74, 6) is 0. The van der Waals surface area contributed by atoms with Crippen LogP contribution in [0, 0.1) is 0 Å². The van der Waals surface area contributed by atoms with Gasteiger partial charge in [0.25, 0.3) is 0 Å². The Morgan fingerprint density at radius 2 is 1.38 bits per heavy atom. The van der Waals surface area contributed by atoms with E-state index in [-0.39, 0.29) is 0 Å². The highest BCUT2D eigenvalue weighted by Gasteiger charge is 2.54. The summed E-state index contributed by atoms with van der Waals surface area (Å²) in [4.78, 5) is 0. The Balaban J connectivity index is 3.03. The topological polar surface area (TPSA) is 27.7 Å². The van der Waals surface area contributed by atoms with Crippen LogP contribution in [0.4, 0.5) is 0 Å². The molecule has 138 valence electrons. The van der Waals surface area contributed by atoms with Crippen molar-refractivity contribution in [3.05, 3.63) is 30.3 Å². The lowest BCUT2D eigenvalue weighted by Gasteiger charge is -2.41. The third-order valence-electron chi connectivity index (χ3n) is 5.27. The number of hydrogen-bond acceptors (Lipinski definition) is 3. The van der Waals surface area contributed by atoms with E-state index >= 15 is 0 Å². The minimum absolute atomic E-state index is 0.369. The highest BCUT2D eigenvalue weighted by Crippen LogP contribution is 2.38. The maximum atomic E-state index is 5.91. The largest absolute Gasteiger partial charge is 0.500 e. The summed E-state index contributed by atoms with van der Waals surface area (Å²) in [5.41, 5.74) is 0. The van der Waals surface area contributed by atoms with E-state index in [0.29, 0.717) is 5.16 Å². The summed E-state index contributed by atoms with van der Waals surface area (Å²) in [6.45, 7) is 7.11. The van der Waals surface area contributed by atoms with Crippen LogP contribution in [0.2, 0.25) is 18.3 Å². The van der Waals surface area contributed by atoms with Gasteiger partial charge in [0.05, 0.1) is 8.07 Å². The van der Waals surface area contributed by atoms with E-state index in [2.05, 4.69) is 50.3 Å². The fourth-order valence-corrected chi connectivity index (χ4v) is 13.1. The first-order valence-electron chi connectivity index (χ1n) is 9.19. The van der Waals surface area contributed by atoms with Crippen LogP contribution in [0.15, 0.2) is 30.3 Å². The first-order chi connectivity index (χ1) is 11.5. The molecular weight excluding hydrogens is 332 g/mol. The first kappa shape index (κ1) is 21.6. The van der Waals surface area contributed by atoms with E-state index < -0.39 is 16.9 Å². The predicted octanol–water partition coefficient (Wildman–Crippen LogP) is 4.75. The summed E-state index contributed by atoms with van der Waals surface area (Å²) in [6.07, 6.45) is 7.55. The molecule has 1 aromatic rings. The molecule has 0 spiro atoms. The molecule has 0 N–H and O–H groups in total. The minimum atomic E-state index is -2.67. The maximum Gasteiger partial charge on any atom is 0.500 e. The van der Waals surface area contributed by atoms with Gasteiger partial charge in [-0.05, 0) is 6.42 Å². The molecule has 0 radical (unpaired) electrons. The molecule has 1 unspecified atom stereocenters. The van der Waals surface area contributed by atoms with Crippen LogP contribution in [0.1, 0.15) is 45.4 Å². The third-order valence-corrected chi connectivity index (χ3v) is 15.2. The lowest BCUT2D eigenvalue weighted by molar-refractivity contribution is 0.117. The van der Waals surface area contributed by atoms with E-state index in [1.54, 1.807) is 21.3 Å². The van der Waals surface area contributed by atoms with Gasteiger partial charge < -0.3 is 13.3 Å². The average molecular weight is 369 g/mol. The smallest absolute Gasteiger partial charge is 0.377 e. The average Bonchev–Trinajstić information content (AvgIpc) is 2.62. The Kier molecular flexibility index (Phi) is 9.45. The summed E-state index contributed by atoms with van der Waals surface area (Å²) < 4.78 is 17.7. The molecule has 0 aliphatic carbocycles. The van der Waals surface area contributed by atoms with Gasteiger partial charge in [-0.15, -0.1) is 0 Å². The molecule has 0 fully saturated rings.